The summed E-state index contributed by atoms with van der Waals surface area (Å²) >= 11 is 1.26. The predicted molar refractivity (Wildman–Crippen MR) is 132 cm³/mol. The Hall–Kier alpha value is -4.34. The number of fused-ring (bicyclic) bond motifs is 3. The first kappa shape index (κ1) is 24.4. The quantitative estimate of drug-likeness (QED) is 0.208. The first-order valence-electron chi connectivity index (χ1n) is 11.1. The van der Waals surface area contributed by atoms with Crippen LogP contribution in [-0.2, 0) is 18.0 Å². The summed E-state index contributed by atoms with van der Waals surface area (Å²) in [6.07, 6.45) is 1.66. The van der Waals surface area contributed by atoms with Gasteiger partial charge in [-0.15, -0.1) is 11.8 Å². The lowest BCUT2D eigenvalue weighted by atomic mass is 10.0. The molecular formula is C26H18F2N4O4S. The number of halogens is 2. The van der Waals surface area contributed by atoms with Crippen LogP contribution >= 0.6 is 11.8 Å². The summed E-state index contributed by atoms with van der Waals surface area (Å²) in [5.41, 5.74) is 11.8. The van der Waals surface area contributed by atoms with Crippen molar-refractivity contribution in [3.05, 3.63) is 100 Å². The largest absolute Gasteiger partial charge is 0.487 e. The molecule has 0 bridgehead atoms. The van der Waals surface area contributed by atoms with Crippen molar-refractivity contribution in [3.8, 4) is 11.5 Å². The van der Waals surface area contributed by atoms with E-state index in [2.05, 4.69) is 14.8 Å². The fourth-order valence-corrected chi connectivity index (χ4v) is 5.21. The fourth-order valence-electron chi connectivity index (χ4n) is 3.95. The molecule has 8 nitrogen and oxygen atoms in total. The zero-order chi connectivity index (χ0) is 25.9. The van der Waals surface area contributed by atoms with Crippen molar-refractivity contribution in [2.75, 3.05) is 5.75 Å². The molecule has 2 aromatic heterocycles. The van der Waals surface area contributed by atoms with Gasteiger partial charge in [0.25, 0.3) is 0 Å². The van der Waals surface area contributed by atoms with Crippen molar-refractivity contribution >= 4 is 34.3 Å². The number of hydrogen-bond acceptors (Lipinski definition) is 6. The summed E-state index contributed by atoms with van der Waals surface area (Å²) in [7, 11) is 0. The van der Waals surface area contributed by atoms with E-state index in [4.69, 9.17) is 15.0 Å². The van der Waals surface area contributed by atoms with Crippen LogP contribution in [0, 0.1) is 11.6 Å². The van der Waals surface area contributed by atoms with Crippen LogP contribution in [0.3, 0.4) is 0 Å². The van der Waals surface area contributed by atoms with E-state index in [9.17, 15) is 18.7 Å². The van der Waals surface area contributed by atoms with Crippen LogP contribution in [0.2, 0.25) is 0 Å². The summed E-state index contributed by atoms with van der Waals surface area (Å²) in [6.45, 7) is 0.309. The average Bonchev–Trinajstić information content (AvgIpc) is 3.05. The fraction of sp³-hybridized carbons (Fsp3) is 0.154. The van der Waals surface area contributed by atoms with Gasteiger partial charge in [-0.25, -0.2) is 18.6 Å². The number of ether oxygens (including phenoxy) is 2. The minimum absolute atomic E-state index is 0.0620. The van der Waals surface area contributed by atoms with Gasteiger partial charge in [-0.3, -0.25) is 4.98 Å². The molecule has 0 aliphatic carbocycles. The lowest BCUT2D eigenvalue weighted by Crippen LogP contribution is -2.18. The lowest BCUT2D eigenvalue weighted by Gasteiger charge is -2.18. The number of thioether (sulfide) groups is 1. The van der Waals surface area contributed by atoms with Crippen molar-refractivity contribution in [1.82, 2.24) is 9.97 Å². The van der Waals surface area contributed by atoms with E-state index >= 15 is 0 Å². The molecule has 1 N–H and O–H groups in total. The van der Waals surface area contributed by atoms with E-state index in [1.807, 2.05) is 6.07 Å². The van der Waals surface area contributed by atoms with E-state index in [0.717, 1.165) is 23.3 Å². The van der Waals surface area contributed by atoms with Gasteiger partial charge in [-0.05, 0) is 42.0 Å². The van der Waals surface area contributed by atoms with Crippen LogP contribution < -0.4 is 9.47 Å². The van der Waals surface area contributed by atoms with Crippen molar-refractivity contribution in [1.29, 1.82) is 0 Å². The molecule has 5 rings (SSSR count). The number of aromatic nitrogens is 2. The normalized spacial score (nSPS) is 14.1. The molecule has 1 atom stereocenters. The summed E-state index contributed by atoms with van der Waals surface area (Å²) in [5, 5.41) is 9.36. The SMILES string of the molecule is [N-]=[N+]=C(CS[C@@H]1c2cc(OCc3ccc4cc(F)c(F)cc4n3)ccc2OCc2ncccc21)C(=O)O. The van der Waals surface area contributed by atoms with E-state index in [0.29, 0.717) is 33.8 Å². The number of aliphatic carboxylic acids is 1. The van der Waals surface area contributed by atoms with Crippen LogP contribution in [0.1, 0.15) is 27.8 Å². The molecule has 4 aromatic rings. The number of carboxylic acids is 1. The van der Waals surface area contributed by atoms with Gasteiger partial charge in [0.1, 0.15) is 30.5 Å². The van der Waals surface area contributed by atoms with Gasteiger partial charge >= 0.3 is 11.7 Å². The molecule has 0 unspecified atom stereocenters. The summed E-state index contributed by atoms with van der Waals surface area (Å²) in [4.78, 5) is 23.0. The smallest absolute Gasteiger partial charge is 0.415 e. The highest BCUT2D eigenvalue weighted by Crippen LogP contribution is 2.45. The zero-order valence-electron chi connectivity index (χ0n) is 19.1. The molecule has 1 aliphatic heterocycles. The first-order valence-corrected chi connectivity index (χ1v) is 12.1. The maximum absolute atomic E-state index is 13.6. The van der Waals surface area contributed by atoms with E-state index in [1.54, 1.807) is 42.6 Å². The van der Waals surface area contributed by atoms with Crippen molar-refractivity contribution in [2.24, 2.45) is 0 Å². The third-order valence-electron chi connectivity index (χ3n) is 5.77. The number of rotatable bonds is 7. The monoisotopic (exact) mass is 520 g/mol. The number of carboxylic acid groups (broad SMARTS) is 1. The van der Waals surface area contributed by atoms with Crippen LogP contribution in [-0.4, -0.2) is 37.3 Å². The van der Waals surface area contributed by atoms with E-state index in [1.165, 1.54) is 11.8 Å². The molecule has 3 heterocycles. The van der Waals surface area contributed by atoms with E-state index in [-0.39, 0.29) is 29.9 Å². The number of nitrogens with zero attached hydrogens (tertiary/aromatic N) is 4. The molecule has 0 spiro atoms. The Morgan fingerprint density at radius 2 is 2.00 bits per heavy atom. The molecule has 186 valence electrons. The lowest BCUT2D eigenvalue weighted by molar-refractivity contribution is -0.134. The van der Waals surface area contributed by atoms with E-state index < -0.39 is 17.6 Å². The second-order valence-corrected chi connectivity index (χ2v) is 9.21. The maximum Gasteiger partial charge on any atom is 0.415 e. The second kappa shape index (κ2) is 10.3. The highest BCUT2D eigenvalue weighted by molar-refractivity contribution is 8.00. The molecule has 1 aliphatic rings. The molecule has 11 heteroatoms. The van der Waals surface area contributed by atoms with Gasteiger partial charge in [-0.2, -0.15) is 4.79 Å². The zero-order valence-corrected chi connectivity index (χ0v) is 19.9. The molecule has 0 radical (unpaired) electrons. The van der Waals surface area contributed by atoms with Crippen LogP contribution in [0.4, 0.5) is 8.78 Å². The standard InChI is InChI=1S/C26H18F2N4O4S/c27-19-8-14-3-4-15(31-21(14)10-20(19)28)11-35-16-5-6-24-18(9-16)25(37-13-23(32-29)26(33)34)17-2-1-7-30-22(17)12-36-24/h1-10,25H,11-13H2,(H,33,34)/t25-/m0/s1. The molecular weight excluding hydrogens is 502 g/mol. The number of pyridine rings is 2. The molecule has 0 amide bonds. The third-order valence-corrected chi connectivity index (χ3v) is 7.05. The molecule has 0 saturated carbocycles. The number of carbonyl (C=O) groups is 1. The minimum atomic E-state index is -1.31. The summed E-state index contributed by atoms with van der Waals surface area (Å²) < 4.78 is 39.0. The van der Waals surface area contributed by atoms with Gasteiger partial charge in [-0.1, -0.05) is 12.1 Å². The number of hydrogen-bond donors (Lipinski definition) is 1. The van der Waals surface area contributed by atoms with Gasteiger partial charge in [0, 0.05) is 23.2 Å². The van der Waals surface area contributed by atoms with Crippen LogP contribution in [0.25, 0.3) is 16.4 Å². The van der Waals surface area contributed by atoms with Gasteiger partial charge in [0.2, 0.25) is 0 Å². The Morgan fingerprint density at radius 1 is 1.16 bits per heavy atom. The van der Waals surface area contributed by atoms with Crippen molar-refractivity contribution in [3.63, 3.8) is 0 Å². The minimum Gasteiger partial charge on any atom is -0.487 e. The first-order chi connectivity index (χ1) is 17.9. The topological polar surface area (TPSA) is 118 Å². The Balaban J connectivity index is 1.43. The van der Waals surface area contributed by atoms with Crippen LogP contribution in [0.5, 0.6) is 11.5 Å². The highest BCUT2D eigenvalue weighted by Gasteiger charge is 2.29. The Morgan fingerprint density at radius 3 is 2.81 bits per heavy atom. The van der Waals surface area contributed by atoms with Crippen molar-refractivity contribution < 1.29 is 32.9 Å². The van der Waals surface area contributed by atoms with Gasteiger partial charge in [0.15, 0.2) is 11.6 Å². The Bertz CT molecular complexity index is 1580. The molecule has 0 saturated heterocycles. The van der Waals surface area contributed by atoms with Crippen LogP contribution in [0.15, 0.2) is 60.8 Å². The molecule has 2 aromatic carbocycles. The second-order valence-electron chi connectivity index (χ2n) is 8.12. The summed E-state index contributed by atoms with van der Waals surface area (Å²) in [5.74, 6) is -2.19. The summed E-state index contributed by atoms with van der Waals surface area (Å²) in [6, 6.07) is 14.4. The maximum atomic E-state index is 13.6. The Kier molecular flexibility index (Phi) is 6.80. The molecule has 37 heavy (non-hydrogen) atoms. The Labute approximate surface area is 213 Å². The third kappa shape index (κ3) is 5.13. The molecule has 0 fully saturated rings. The van der Waals surface area contributed by atoms with Gasteiger partial charge < -0.3 is 20.1 Å². The predicted octanol–water partition coefficient (Wildman–Crippen LogP) is 4.96. The average molecular weight is 521 g/mol. The van der Waals surface area contributed by atoms with Gasteiger partial charge in [0.05, 0.1) is 22.2 Å². The highest BCUT2D eigenvalue weighted by atomic mass is 32.2. The number of benzene rings is 2. The van der Waals surface area contributed by atoms with Crippen molar-refractivity contribution in [2.45, 2.75) is 18.5 Å².